The van der Waals surface area contributed by atoms with Gasteiger partial charge in [-0.05, 0) is 93.0 Å². The van der Waals surface area contributed by atoms with E-state index < -0.39 is 0 Å². The molecule has 0 spiro atoms. The quantitative estimate of drug-likeness (QED) is 0.177. The average Bonchev–Trinajstić information content (AvgIpc) is 3.81. The van der Waals surface area contributed by atoms with E-state index in [2.05, 4.69) is 187 Å². The van der Waals surface area contributed by atoms with Crippen molar-refractivity contribution in [3.8, 4) is 61.6 Å². The maximum atomic E-state index is 6.21. The summed E-state index contributed by atoms with van der Waals surface area (Å²) in [6, 6.07) is 68.7. The van der Waals surface area contributed by atoms with Crippen molar-refractivity contribution in [2.24, 2.45) is 0 Å². The van der Waals surface area contributed by atoms with Gasteiger partial charge in [-0.3, -0.25) is 0 Å². The van der Waals surface area contributed by atoms with Crippen LogP contribution in [0.2, 0.25) is 0 Å². The van der Waals surface area contributed by atoms with Crippen molar-refractivity contribution in [3.63, 3.8) is 0 Å². The SMILES string of the molecule is c1ccc(-c2ccc3oc(-c4ccc(-c5ccccc5-c5ccccc5-c5ccc(-n6c7ccccc7c7ccccc76)cc5)cc4)nc3c2)cc1. The van der Waals surface area contributed by atoms with Crippen LogP contribution in [0.1, 0.15) is 0 Å². The Hall–Kier alpha value is -6.97. The van der Waals surface area contributed by atoms with Gasteiger partial charge in [0.05, 0.1) is 11.0 Å². The van der Waals surface area contributed by atoms with E-state index in [1.165, 1.54) is 49.6 Å². The van der Waals surface area contributed by atoms with Gasteiger partial charge in [0.2, 0.25) is 5.89 Å². The maximum Gasteiger partial charge on any atom is 0.227 e. The molecule has 0 radical (unpaired) electrons. The molecule has 2 heterocycles. The minimum atomic E-state index is 0.620. The zero-order chi connectivity index (χ0) is 34.4. The number of benzene rings is 8. The number of hydrogen-bond donors (Lipinski definition) is 0. The molecule has 0 aliphatic rings. The van der Waals surface area contributed by atoms with E-state index in [1.54, 1.807) is 0 Å². The molecule has 244 valence electrons. The van der Waals surface area contributed by atoms with Gasteiger partial charge < -0.3 is 8.98 Å². The van der Waals surface area contributed by atoms with E-state index in [0.717, 1.165) is 39.0 Å². The second-order valence-electron chi connectivity index (χ2n) is 13.2. The minimum Gasteiger partial charge on any atom is -0.436 e. The summed E-state index contributed by atoms with van der Waals surface area (Å²) in [5.41, 5.74) is 15.5. The Balaban J connectivity index is 0.983. The Labute approximate surface area is 301 Å². The van der Waals surface area contributed by atoms with Crippen LogP contribution in [0.15, 0.2) is 199 Å². The van der Waals surface area contributed by atoms with Crippen LogP contribution in [-0.4, -0.2) is 9.55 Å². The summed E-state index contributed by atoms with van der Waals surface area (Å²) in [6.07, 6.45) is 0. The highest BCUT2D eigenvalue weighted by molar-refractivity contribution is 6.09. The van der Waals surface area contributed by atoms with Crippen LogP contribution in [0.25, 0.3) is 94.6 Å². The molecule has 0 amide bonds. The Morgan fingerprint density at radius 1 is 0.365 bits per heavy atom. The summed E-state index contributed by atoms with van der Waals surface area (Å²) in [5, 5.41) is 2.53. The van der Waals surface area contributed by atoms with Crippen LogP contribution < -0.4 is 0 Å². The van der Waals surface area contributed by atoms with Crippen molar-refractivity contribution in [2.45, 2.75) is 0 Å². The molecule has 8 aromatic carbocycles. The van der Waals surface area contributed by atoms with Crippen LogP contribution >= 0.6 is 0 Å². The molecule has 0 atom stereocenters. The normalized spacial score (nSPS) is 11.5. The molecule has 10 rings (SSSR count). The predicted molar refractivity (Wildman–Crippen MR) is 216 cm³/mol. The summed E-state index contributed by atoms with van der Waals surface area (Å²) in [4.78, 5) is 4.87. The van der Waals surface area contributed by atoms with Crippen molar-refractivity contribution in [3.05, 3.63) is 194 Å². The van der Waals surface area contributed by atoms with Crippen molar-refractivity contribution in [2.75, 3.05) is 0 Å². The maximum absolute atomic E-state index is 6.21. The second-order valence-corrected chi connectivity index (χ2v) is 13.2. The van der Waals surface area contributed by atoms with Crippen molar-refractivity contribution < 1.29 is 4.42 Å². The number of fused-ring (bicyclic) bond motifs is 4. The lowest BCUT2D eigenvalue weighted by Gasteiger charge is -2.15. The molecule has 10 aromatic rings. The lowest BCUT2D eigenvalue weighted by Crippen LogP contribution is -1.94. The van der Waals surface area contributed by atoms with Crippen molar-refractivity contribution in [1.82, 2.24) is 9.55 Å². The molecule has 0 fully saturated rings. The molecule has 0 bridgehead atoms. The first-order valence-corrected chi connectivity index (χ1v) is 17.6. The smallest absolute Gasteiger partial charge is 0.227 e. The Kier molecular flexibility index (Phi) is 7.14. The summed E-state index contributed by atoms with van der Waals surface area (Å²) in [7, 11) is 0. The molecule has 3 heteroatoms. The molecular weight excluding hydrogens is 633 g/mol. The summed E-state index contributed by atoms with van der Waals surface area (Å²) in [6.45, 7) is 0. The lowest BCUT2D eigenvalue weighted by molar-refractivity contribution is 0.620. The molecule has 52 heavy (non-hydrogen) atoms. The molecule has 0 saturated heterocycles. The fraction of sp³-hybridized carbons (Fsp3) is 0. The van der Waals surface area contributed by atoms with Gasteiger partial charge in [0.1, 0.15) is 5.52 Å². The van der Waals surface area contributed by atoms with E-state index in [1.807, 2.05) is 12.1 Å². The Morgan fingerprint density at radius 3 is 1.46 bits per heavy atom. The van der Waals surface area contributed by atoms with Crippen LogP contribution in [0.5, 0.6) is 0 Å². The van der Waals surface area contributed by atoms with E-state index >= 15 is 0 Å². The molecule has 0 N–H and O–H groups in total. The van der Waals surface area contributed by atoms with Gasteiger partial charge in [-0.25, -0.2) is 4.98 Å². The third-order valence-corrected chi connectivity index (χ3v) is 10.1. The molecule has 0 aliphatic carbocycles. The molecular formula is C49H32N2O. The standard InChI is InChI=1S/C49H32N2O/c1-2-12-33(13-3-1)37-28-31-48-45(32-37)50-49(52-48)36-24-22-34(23-25-36)39-14-4-6-16-41(39)42-17-7-5-15-40(42)35-26-29-38(30-27-35)51-46-20-10-8-18-43(46)44-19-9-11-21-47(44)51/h1-32H. The number of nitrogens with zero attached hydrogens (tertiary/aromatic N) is 2. The molecule has 3 nitrogen and oxygen atoms in total. The zero-order valence-electron chi connectivity index (χ0n) is 28.3. The van der Waals surface area contributed by atoms with Crippen LogP contribution in [-0.2, 0) is 0 Å². The highest BCUT2D eigenvalue weighted by Crippen LogP contribution is 2.40. The van der Waals surface area contributed by atoms with Gasteiger partial charge in [0, 0.05) is 22.0 Å². The van der Waals surface area contributed by atoms with Crippen molar-refractivity contribution in [1.29, 1.82) is 0 Å². The molecule has 0 saturated carbocycles. The highest BCUT2D eigenvalue weighted by atomic mass is 16.3. The first-order chi connectivity index (χ1) is 25.8. The predicted octanol–water partition coefficient (Wildman–Crippen LogP) is 13.3. The number of para-hydroxylation sites is 2. The molecule has 2 aromatic heterocycles. The number of rotatable bonds is 6. The average molecular weight is 665 g/mol. The van der Waals surface area contributed by atoms with E-state index in [4.69, 9.17) is 9.40 Å². The summed E-state index contributed by atoms with van der Waals surface area (Å²) < 4.78 is 8.57. The fourth-order valence-electron chi connectivity index (χ4n) is 7.58. The van der Waals surface area contributed by atoms with E-state index in [0.29, 0.717) is 5.89 Å². The van der Waals surface area contributed by atoms with Gasteiger partial charge in [-0.15, -0.1) is 0 Å². The minimum absolute atomic E-state index is 0.620. The third-order valence-electron chi connectivity index (χ3n) is 10.1. The van der Waals surface area contributed by atoms with Gasteiger partial charge in [-0.2, -0.15) is 0 Å². The first-order valence-electron chi connectivity index (χ1n) is 17.6. The van der Waals surface area contributed by atoms with Crippen LogP contribution in [0.4, 0.5) is 0 Å². The Morgan fingerprint density at radius 2 is 0.846 bits per heavy atom. The number of oxazole rings is 1. The van der Waals surface area contributed by atoms with Crippen molar-refractivity contribution >= 4 is 32.9 Å². The zero-order valence-corrected chi connectivity index (χ0v) is 28.3. The highest BCUT2D eigenvalue weighted by Gasteiger charge is 2.16. The van der Waals surface area contributed by atoms with Gasteiger partial charge in [0.25, 0.3) is 0 Å². The lowest BCUT2D eigenvalue weighted by atomic mass is 9.89. The van der Waals surface area contributed by atoms with Crippen LogP contribution in [0.3, 0.4) is 0 Å². The first kappa shape index (κ1) is 29.9. The monoisotopic (exact) mass is 664 g/mol. The molecule has 0 unspecified atom stereocenters. The topological polar surface area (TPSA) is 31.0 Å². The van der Waals surface area contributed by atoms with Gasteiger partial charge in [0.15, 0.2) is 5.58 Å². The fourth-order valence-corrected chi connectivity index (χ4v) is 7.58. The van der Waals surface area contributed by atoms with E-state index in [9.17, 15) is 0 Å². The largest absolute Gasteiger partial charge is 0.436 e. The second kappa shape index (κ2) is 12.4. The van der Waals surface area contributed by atoms with Gasteiger partial charge in [-0.1, -0.05) is 146 Å². The Bertz CT molecular complexity index is 2830. The molecule has 0 aliphatic heterocycles. The summed E-state index contributed by atoms with van der Waals surface area (Å²) in [5.74, 6) is 0.620. The summed E-state index contributed by atoms with van der Waals surface area (Å²) >= 11 is 0. The van der Waals surface area contributed by atoms with Crippen LogP contribution in [0, 0.1) is 0 Å². The van der Waals surface area contributed by atoms with E-state index in [-0.39, 0.29) is 0 Å². The number of hydrogen-bond acceptors (Lipinski definition) is 2. The third kappa shape index (κ3) is 5.10. The van der Waals surface area contributed by atoms with Gasteiger partial charge >= 0.3 is 0 Å². The number of aromatic nitrogens is 2.